The lowest BCUT2D eigenvalue weighted by Crippen LogP contribution is -2.38. The number of aromatic nitrogens is 3. The second-order valence-corrected chi connectivity index (χ2v) is 6.74. The largest absolute Gasteiger partial charge is 0.359 e. The van der Waals surface area contributed by atoms with Gasteiger partial charge in [0.2, 0.25) is 0 Å². The van der Waals surface area contributed by atoms with Gasteiger partial charge in [-0.15, -0.1) is 0 Å². The van der Waals surface area contributed by atoms with E-state index in [9.17, 15) is 0 Å². The van der Waals surface area contributed by atoms with E-state index >= 15 is 0 Å². The summed E-state index contributed by atoms with van der Waals surface area (Å²) in [6.45, 7) is 5.33. The molecule has 142 valence electrons. The molecule has 0 bridgehead atoms. The fraction of sp³-hybridized carbons (Fsp3) is 0.350. The van der Waals surface area contributed by atoms with Crippen LogP contribution in [0.5, 0.6) is 0 Å². The minimum atomic E-state index is 0.349. The normalized spacial score (nSPS) is 11.8. The maximum atomic E-state index is 5.37. The van der Waals surface area contributed by atoms with E-state index in [1.165, 1.54) is 0 Å². The van der Waals surface area contributed by atoms with Crippen LogP contribution in [0.2, 0.25) is 0 Å². The summed E-state index contributed by atoms with van der Waals surface area (Å²) in [5.74, 6) is 2.77. The first-order valence-corrected chi connectivity index (χ1v) is 9.03. The summed E-state index contributed by atoms with van der Waals surface area (Å²) in [5, 5.41) is 7.38. The van der Waals surface area contributed by atoms with Crippen LogP contribution in [0.3, 0.4) is 0 Å². The highest BCUT2D eigenvalue weighted by Crippen LogP contribution is 2.17. The number of aliphatic imine (C=N–C) groups is 1. The SMILES string of the molecule is CN=C(NCc1cc(C(C)C)no1)N(C)Cc1ncc(-c2ccccc2)[nH]1. The third kappa shape index (κ3) is 4.75. The van der Waals surface area contributed by atoms with Crippen LogP contribution in [0.25, 0.3) is 11.3 Å². The molecule has 2 heterocycles. The Hall–Kier alpha value is -3.09. The third-order valence-electron chi connectivity index (χ3n) is 4.26. The number of nitrogens with zero attached hydrogens (tertiary/aromatic N) is 4. The van der Waals surface area contributed by atoms with Crippen LogP contribution in [0, 0.1) is 0 Å². The van der Waals surface area contributed by atoms with E-state index in [1.54, 1.807) is 7.05 Å². The standard InChI is InChI=1S/C20H26N6O/c1-14(2)17-10-16(27-25-17)11-23-20(21-3)26(4)13-19-22-12-18(24-19)15-8-6-5-7-9-15/h5-10,12,14H,11,13H2,1-4H3,(H,21,23)(H,22,24). The molecule has 2 N–H and O–H groups in total. The number of imidazole rings is 1. The van der Waals surface area contributed by atoms with Gasteiger partial charge in [-0.25, -0.2) is 4.98 Å². The van der Waals surface area contributed by atoms with Crippen LogP contribution >= 0.6 is 0 Å². The Labute approximate surface area is 159 Å². The average Bonchev–Trinajstić information content (AvgIpc) is 3.33. The van der Waals surface area contributed by atoms with Gasteiger partial charge >= 0.3 is 0 Å². The van der Waals surface area contributed by atoms with E-state index < -0.39 is 0 Å². The quantitative estimate of drug-likeness (QED) is 0.516. The van der Waals surface area contributed by atoms with Crippen LogP contribution < -0.4 is 5.32 Å². The van der Waals surface area contributed by atoms with Gasteiger partial charge in [-0.05, 0) is 11.5 Å². The van der Waals surface area contributed by atoms with Crippen LogP contribution in [0.15, 0.2) is 52.1 Å². The monoisotopic (exact) mass is 366 g/mol. The van der Waals surface area contributed by atoms with Gasteiger partial charge in [0.1, 0.15) is 5.82 Å². The number of rotatable bonds is 6. The van der Waals surface area contributed by atoms with E-state index in [1.807, 2.05) is 42.4 Å². The van der Waals surface area contributed by atoms with E-state index in [-0.39, 0.29) is 0 Å². The highest BCUT2D eigenvalue weighted by Gasteiger charge is 2.12. The molecular weight excluding hydrogens is 340 g/mol. The molecule has 0 aliphatic carbocycles. The first-order chi connectivity index (χ1) is 13.1. The number of hydrogen-bond acceptors (Lipinski definition) is 4. The lowest BCUT2D eigenvalue weighted by Gasteiger charge is -2.20. The van der Waals surface area contributed by atoms with Crippen LogP contribution in [0.1, 0.15) is 37.0 Å². The van der Waals surface area contributed by atoms with Gasteiger partial charge in [-0.1, -0.05) is 49.3 Å². The van der Waals surface area contributed by atoms with Crippen LogP contribution in [-0.2, 0) is 13.1 Å². The van der Waals surface area contributed by atoms with Gasteiger partial charge < -0.3 is 19.7 Å². The molecule has 0 atom stereocenters. The van der Waals surface area contributed by atoms with Gasteiger partial charge in [0.25, 0.3) is 0 Å². The van der Waals surface area contributed by atoms with Crippen molar-refractivity contribution < 1.29 is 4.52 Å². The second kappa shape index (κ2) is 8.53. The topological polar surface area (TPSA) is 82.3 Å². The number of benzene rings is 1. The Kier molecular flexibility index (Phi) is 5.90. The second-order valence-electron chi connectivity index (χ2n) is 6.74. The van der Waals surface area contributed by atoms with Gasteiger partial charge in [-0.2, -0.15) is 0 Å². The van der Waals surface area contributed by atoms with Crippen molar-refractivity contribution in [3.63, 3.8) is 0 Å². The zero-order valence-electron chi connectivity index (χ0n) is 16.2. The molecule has 7 nitrogen and oxygen atoms in total. The molecule has 27 heavy (non-hydrogen) atoms. The fourth-order valence-electron chi connectivity index (χ4n) is 2.74. The molecule has 0 saturated carbocycles. The smallest absolute Gasteiger partial charge is 0.194 e. The highest BCUT2D eigenvalue weighted by atomic mass is 16.5. The number of H-pyrrole nitrogens is 1. The zero-order chi connectivity index (χ0) is 19.2. The third-order valence-corrected chi connectivity index (χ3v) is 4.26. The van der Waals surface area contributed by atoms with Crippen LogP contribution in [0.4, 0.5) is 0 Å². The summed E-state index contributed by atoms with van der Waals surface area (Å²) in [4.78, 5) is 14.2. The minimum absolute atomic E-state index is 0.349. The molecule has 2 aromatic heterocycles. The lowest BCUT2D eigenvalue weighted by molar-refractivity contribution is 0.368. The first kappa shape index (κ1) is 18.7. The molecule has 0 saturated heterocycles. The molecule has 3 rings (SSSR count). The van der Waals surface area contributed by atoms with Gasteiger partial charge in [0.15, 0.2) is 11.7 Å². The molecule has 0 unspecified atom stereocenters. The minimum Gasteiger partial charge on any atom is -0.359 e. The molecule has 0 fully saturated rings. The van der Waals surface area contributed by atoms with Gasteiger partial charge in [0, 0.05) is 20.2 Å². The predicted molar refractivity (Wildman–Crippen MR) is 106 cm³/mol. The molecular formula is C20H26N6O. The Morgan fingerprint density at radius 2 is 2.07 bits per heavy atom. The summed E-state index contributed by atoms with van der Waals surface area (Å²) in [5.41, 5.74) is 3.08. The molecule has 0 aliphatic heterocycles. The molecule has 0 spiro atoms. The molecule has 3 aromatic rings. The first-order valence-electron chi connectivity index (χ1n) is 9.03. The molecule has 0 amide bonds. The van der Waals surface area contributed by atoms with E-state index in [2.05, 4.69) is 51.4 Å². The predicted octanol–water partition coefficient (Wildman–Crippen LogP) is 3.40. The molecule has 1 aromatic carbocycles. The van der Waals surface area contributed by atoms with E-state index in [0.717, 1.165) is 34.5 Å². The maximum Gasteiger partial charge on any atom is 0.194 e. The summed E-state index contributed by atoms with van der Waals surface area (Å²) in [7, 11) is 3.73. The number of hydrogen-bond donors (Lipinski definition) is 2. The van der Waals surface area contributed by atoms with Crippen molar-refractivity contribution in [3.8, 4) is 11.3 Å². The molecule has 0 radical (unpaired) electrons. The lowest BCUT2D eigenvalue weighted by atomic mass is 10.1. The highest BCUT2D eigenvalue weighted by molar-refractivity contribution is 5.79. The van der Waals surface area contributed by atoms with Crippen molar-refractivity contribution in [2.24, 2.45) is 4.99 Å². The van der Waals surface area contributed by atoms with E-state index in [0.29, 0.717) is 19.0 Å². The van der Waals surface area contributed by atoms with Crippen molar-refractivity contribution in [1.29, 1.82) is 0 Å². The number of aromatic amines is 1. The Bertz CT molecular complexity index is 881. The number of nitrogens with one attached hydrogen (secondary N) is 2. The Balaban J connectivity index is 1.58. The summed E-state index contributed by atoms with van der Waals surface area (Å²) in [6.07, 6.45) is 1.86. The van der Waals surface area contributed by atoms with Crippen LogP contribution in [-0.4, -0.2) is 40.1 Å². The van der Waals surface area contributed by atoms with Crippen molar-refractivity contribution in [2.45, 2.75) is 32.9 Å². The van der Waals surface area contributed by atoms with Crippen molar-refractivity contribution in [2.75, 3.05) is 14.1 Å². The summed E-state index contributed by atoms with van der Waals surface area (Å²) < 4.78 is 5.37. The van der Waals surface area contributed by atoms with Gasteiger partial charge in [-0.3, -0.25) is 4.99 Å². The van der Waals surface area contributed by atoms with Crippen molar-refractivity contribution >= 4 is 5.96 Å². The van der Waals surface area contributed by atoms with Gasteiger partial charge in [0.05, 0.1) is 30.7 Å². The molecule has 0 aliphatic rings. The maximum absolute atomic E-state index is 5.37. The Morgan fingerprint density at radius 3 is 2.74 bits per heavy atom. The summed E-state index contributed by atoms with van der Waals surface area (Å²) >= 11 is 0. The zero-order valence-corrected chi connectivity index (χ0v) is 16.2. The van der Waals surface area contributed by atoms with Crippen molar-refractivity contribution in [1.82, 2.24) is 25.3 Å². The average molecular weight is 366 g/mol. The Morgan fingerprint density at radius 1 is 1.30 bits per heavy atom. The van der Waals surface area contributed by atoms with E-state index in [4.69, 9.17) is 4.52 Å². The fourth-order valence-corrected chi connectivity index (χ4v) is 2.74. The van der Waals surface area contributed by atoms with Crippen molar-refractivity contribution in [3.05, 3.63) is 59.9 Å². The number of guanidine groups is 1. The summed E-state index contributed by atoms with van der Waals surface area (Å²) in [6, 6.07) is 12.1. The molecule has 7 heteroatoms.